The van der Waals surface area contributed by atoms with E-state index in [0.717, 1.165) is 9.13 Å². The zero-order valence-corrected chi connectivity index (χ0v) is 20.8. The maximum atomic E-state index is 12.9. The van der Waals surface area contributed by atoms with Crippen LogP contribution < -0.4 is 22.7 Å². The van der Waals surface area contributed by atoms with Gasteiger partial charge in [0.25, 0.3) is 5.56 Å². The summed E-state index contributed by atoms with van der Waals surface area (Å²) in [6.07, 6.45) is -2.91. The van der Waals surface area contributed by atoms with E-state index < -0.39 is 73.8 Å². The van der Waals surface area contributed by atoms with E-state index in [1.807, 2.05) is 0 Å². The Morgan fingerprint density at radius 2 is 1.94 bits per heavy atom. The number of H-pyrrole nitrogens is 1. The van der Waals surface area contributed by atoms with Gasteiger partial charge in [0, 0.05) is 30.8 Å². The number of aryl methyl sites for hydroxylation is 1. The Morgan fingerprint density at radius 3 is 2.64 bits per heavy atom. The van der Waals surface area contributed by atoms with Gasteiger partial charge in [0.05, 0.1) is 19.3 Å². The highest BCUT2D eigenvalue weighted by atomic mass is 32.7. The minimum absolute atomic E-state index is 0.0201. The third-order valence-corrected chi connectivity index (χ3v) is 7.49. The molecule has 17 heteroatoms. The lowest BCUT2D eigenvalue weighted by Gasteiger charge is -2.22. The fourth-order valence-corrected chi connectivity index (χ4v) is 5.52. The Kier molecular flexibility index (Phi) is 7.87. The lowest BCUT2D eigenvalue weighted by molar-refractivity contribution is -0.0509. The van der Waals surface area contributed by atoms with Crippen molar-refractivity contribution in [1.82, 2.24) is 19.1 Å². The Hall–Kier alpha value is -2.30. The largest absolute Gasteiger partial charge is 0.394 e. The van der Waals surface area contributed by atoms with E-state index in [0.29, 0.717) is 0 Å². The molecule has 4 heterocycles. The fraction of sp³-hybridized carbons (Fsp3) is 0.579. The second kappa shape index (κ2) is 10.6. The van der Waals surface area contributed by atoms with Gasteiger partial charge in [0.2, 0.25) is 0 Å². The maximum absolute atomic E-state index is 12.9. The number of anilines is 1. The fourth-order valence-electron chi connectivity index (χ4n) is 4.00. The molecule has 2 aromatic rings. The molecule has 2 saturated heterocycles. The number of hydrogen-bond donors (Lipinski definition) is 5. The molecule has 0 spiro atoms. The van der Waals surface area contributed by atoms with E-state index in [2.05, 4.69) is 22.2 Å². The van der Waals surface area contributed by atoms with Gasteiger partial charge in [-0.1, -0.05) is 12.2 Å². The van der Waals surface area contributed by atoms with Gasteiger partial charge in [-0.15, -0.1) is 0 Å². The Morgan fingerprint density at radius 1 is 1.25 bits per heavy atom. The van der Waals surface area contributed by atoms with E-state index in [1.54, 1.807) is 0 Å². The molecule has 0 radical (unpaired) electrons. The average Bonchev–Trinajstić information content (AvgIpc) is 3.37. The molecule has 36 heavy (non-hydrogen) atoms. The van der Waals surface area contributed by atoms with E-state index >= 15 is 0 Å². The Labute approximate surface area is 208 Å². The molecule has 0 aliphatic carbocycles. The van der Waals surface area contributed by atoms with Crippen molar-refractivity contribution < 1.29 is 33.3 Å². The first-order valence-corrected chi connectivity index (χ1v) is 13.6. The van der Waals surface area contributed by atoms with Gasteiger partial charge in [-0.25, -0.2) is 14.2 Å². The van der Waals surface area contributed by atoms with Crippen LogP contribution in [0.3, 0.4) is 0 Å². The predicted octanol–water partition coefficient (Wildman–Crippen LogP) is -0.948. The summed E-state index contributed by atoms with van der Waals surface area (Å²) in [5.41, 5.74) is 3.89. The predicted molar refractivity (Wildman–Crippen MR) is 127 cm³/mol. The normalized spacial score (nSPS) is 29.9. The summed E-state index contributed by atoms with van der Waals surface area (Å²) in [5, 5.41) is 20.0. The molecule has 2 aliphatic rings. The third-order valence-electron chi connectivity index (χ3n) is 5.85. The van der Waals surface area contributed by atoms with Crippen molar-refractivity contribution in [1.29, 1.82) is 0 Å². The number of aromatic nitrogens is 4. The van der Waals surface area contributed by atoms with Crippen LogP contribution >= 0.6 is 19.0 Å². The molecule has 4 rings (SSSR count). The SMILES string of the molecule is Cc1cn([C@H]2CC(O)[C@@H](CO[P@](=O)(S)OC3C[C@H](n4ccc(N)nc4=O)O[C@@H]3CO)O2)c(=O)[nH]c1=O. The Balaban J connectivity index is 1.37. The quantitative estimate of drug-likeness (QED) is 0.200. The van der Waals surface area contributed by atoms with Gasteiger partial charge in [-0.2, -0.15) is 4.98 Å². The van der Waals surface area contributed by atoms with E-state index in [4.69, 9.17) is 24.3 Å². The molecular formula is C19H26N5O10PS. The van der Waals surface area contributed by atoms with E-state index in [9.17, 15) is 29.2 Å². The number of aliphatic hydroxyl groups excluding tert-OH is 2. The number of hydrogen-bond acceptors (Lipinski definition) is 12. The standard InChI is InChI=1S/C19H26N5O10PS/c1-9-6-24(19(29)22-17(9)27)15-4-10(26)13(33-15)8-31-35(30,36)34-11-5-16(32-12(11)7-25)23-3-2-14(20)21-18(23)28/h2-3,6,10-13,15-16,25-26H,4-5,7-8H2,1H3,(H,30,36)(H2,20,21,28)(H,22,27,29)/t10?,11?,12-,13-,15-,16-,35+/m1/s1. The highest BCUT2D eigenvalue weighted by Gasteiger charge is 2.42. The van der Waals surface area contributed by atoms with Crippen LogP contribution in [0.4, 0.5) is 5.82 Å². The van der Waals surface area contributed by atoms with Gasteiger partial charge in [-0.05, 0) is 13.0 Å². The van der Waals surface area contributed by atoms with Crippen LogP contribution in [-0.2, 0) is 23.1 Å². The molecule has 2 fully saturated rings. The molecular weight excluding hydrogens is 521 g/mol. The second-order valence-corrected chi connectivity index (χ2v) is 11.3. The van der Waals surface area contributed by atoms with Gasteiger partial charge in [0.15, 0.2) is 0 Å². The van der Waals surface area contributed by atoms with E-state index in [1.165, 1.54) is 25.4 Å². The Bertz CT molecular complexity index is 1330. The van der Waals surface area contributed by atoms with Gasteiger partial charge < -0.3 is 25.4 Å². The topological polar surface area (TPSA) is 210 Å². The number of nitrogen functional groups attached to an aromatic ring is 1. The molecule has 15 nitrogen and oxygen atoms in total. The smallest absolute Gasteiger partial charge is 0.386 e. The van der Waals surface area contributed by atoms with Crippen LogP contribution in [0.1, 0.15) is 30.9 Å². The minimum atomic E-state index is -4.05. The zero-order valence-electron chi connectivity index (χ0n) is 19.0. The van der Waals surface area contributed by atoms with Gasteiger partial charge >= 0.3 is 18.2 Å². The van der Waals surface area contributed by atoms with Crippen LogP contribution in [0.15, 0.2) is 32.8 Å². The molecule has 0 aromatic carbocycles. The van der Waals surface area contributed by atoms with Gasteiger partial charge in [0.1, 0.15) is 36.6 Å². The molecule has 2 aromatic heterocycles. The molecule has 2 aliphatic heterocycles. The number of nitrogens with zero attached hydrogens (tertiary/aromatic N) is 3. The summed E-state index contributed by atoms with van der Waals surface area (Å²) in [7, 11) is 0. The molecule has 2 unspecified atom stereocenters. The van der Waals surface area contributed by atoms with Crippen molar-refractivity contribution in [2.24, 2.45) is 0 Å². The molecule has 0 saturated carbocycles. The zero-order chi connectivity index (χ0) is 26.2. The number of ether oxygens (including phenoxy) is 2. The van der Waals surface area contributed by atoms with E-state index in [-0.39, 0.29) is 24.2 Å². The van der Waals surface area contributed by atoms with Crippen molar-refractivity contribution in [3.05, 3.63) is 55.3 Å². The molecule has 7 atom stereocenters. The summed E-state index contributed by atoms with van der Waals surface area (Å²) in [4.78, 5) is 41.6. The minimum Gasteiger partial charge on any atom is -0.394 e. The van der Waals surface area contributed by atoms with Crippen LogP contribution in [-0.4, -0.2) is 66.9 Å². The highest BCUT2D eigenvalue weighted by Crippen LogP contribution is 2.56. The second-order valence-electron chi connectivity index (χ2n) is 8.41. The monoisotopic (exact) mass is 547 g/mol. The summed E-state index contributed by atoms with van der Waals surface area (Å²) in [6.45, 7) is -3.42. The van der Waals surface area contributed by atoms with Crippen molar-refractivity contribution in [2.45, 2.75) is 56.6 Å². The van der Waals surface area contributed by atoms with Crippen molar-refractivity contribution >= 4 is 24.9 Å². The van der Waals surface area contributed by atoms with Crippen molar-refractivity contribution in [3.63, 3.8) is 0 Å². The first-order chi connectivity index (χ1) is 17.0. The van der Waals surface area contributed by atoms with Crippen LogP contribution in [0, 0.1) is 6.92 Å². The average molecular weight is 547 g/mol. The first kappa shape index (κ1) is 26.8. The van der Waals surface area contributed by atoms with Crippen LogP contribution in [0.2, 0.25) is 0 Å². The molecule has 0 bridgehead atoms. The van der Waals surface area contributed by atoms with Crippen LogP contribution in [0.25, 0.3) is 0 Å². The summed E-state index contributed by atoms with van der Waals surface area (Å²) in [6, 6.07) is 1.40. The maximum Gasteiger partial charge on any atom is 0.386 e. The number of thiol groups is 1. The third kappa shape index (κ3) is 5.81. The first-order valence-electron chi connectivity index (χ1n) is 10.9. The highest BCUT2D eigenvalue weighted by molar-refractivity contribution is 8.44. The lowest BCUT2D eigenvalue weighted by Crippen LogP contribution is -2.33. The number of aromatic amines is 1. The summed E-state index contributed by atoms with van der Waals surface area (Å²) in [5.74, 6) is 0.0353. The molecule has 0 amide bonds. The summed E-state index contributed by atoms with van der Waals surface area (Å²) >= 11 is 3.97. The van der Waals surface area contributed by atoms with Crippen molar-refractivity contribution in [3.8, 4) is 0 Å². The van der Waals surface area contributed by atoms with Gasteiger partial charge in [-0.3, -0.25) is 28.0 Å². The molecule has 198 valence electrons. The molecule has 5 N–H and O–H groups in total. The number of nitrogens with two attached hydrogens (primary N) is 1. The van der Waals surface area contributed by atoms with Crippen LogP contribution in [0.5, 0.6) is 0 Å². The summed E-state index contributed by atoms with van der Waals surface area (Å²) < 4.78 is 37.3. The van der Waals surface area contributed by atoms with Crippen molar-refractivity contribution in [2.75, 3.05) is 18.9 Å². The number of rotatable bonds is 8. The number of nitrogens with one attached hydrogen (secondary N) is 1. The number of aliphatic hydroxyl groups is 2. The lowest BCUT2D eigenvalue weighted by atomic mass is 10.2.